The fourth-order valence-corrected chi connectivity index (χ4v) is 1.19. The highest BCUT2D eigenvalue weighted by atomic mass is 19.2. The van der Waals surface area contributed by atoms with Gasteiger partial charge in [-0.2, -0.15) is 4.99 Å². The van der Waals surface area contributed by atoms with E-state index in [-0.39, 0.29) is 5.56 Å². The third-order valence-corrected chi connectivity index (χ3v) is 1.96. The third kappa shape index (κ3) is 2.26. The molecule has 1 unspecified atom stereocenters. The minimum atomic E-state index is -1.32. The van der Waals surface area contributed by atoms with Crippen molar-refractivity contribution in [1.82, 2.24) is 0 Å². The van der Waals surface area contributed by atoms with Gasteiger partial charge in [-0.05, 0) is 13.0 Å². The summed E-state index contributed by atoms with van der Waals surface area (Å²) in [5, 5.41) is 10.6. The molecule has 0 N–H and O–H groups in total. The van der Waals surface area contributed by atoms with E-state index in [2.05, 4.69) is 4.99 Å². The number of nitrogens with zero attached hydrogens (tertiary/aromatic N) is 2. The summed E-state index contributed by atoms with van der Waals surface area (Å²) >= 11 is 0. The first-order chi connectivity index (χ1) is 7.47. The van der Waals surface area contributed by atoms with Gasteiger partial charge in [-0.25, -0.2) is 13.6 Å². The summed E-state index contributed by atoms with van der Waals surface area (Å²) in [6.45, 7) is 1.34. The lowest BCUT2D eigenvalue weighted by atomic mass is 10.1. The van der Waals surface area contributed by atoms with E-state index in [9.17, 15) is 23.7 Å². The number of hydrogen-bond acceptors (Lipinski definition) is 4. The van der Waals surface area contributed by atoms with Crippen LogP contribution in [-0.4, -0.2) is 11.0 Å². The Hall–Kier alpha value is -2.14. The lowest BCUT2D eigenvalue weighted by molar-refractivity contribution is -0.385. The van der Waals surface area contributed by atoms with Crippen molar-refractivity contribution < 1.29 is 18.5 Å². The van der Waals surface area contributed by atoms with Gasteiger partial charge in [0.05, 0.1) is 22.6 Å². The molecule has 0 aromatic heterocycles. The van der Waals surface area contributed by atoms with Crippen LogP contribution in [0.5, 0.6) is 0 Å². The number of aliphatic imine (C=N–C) groups is 1. The van der Waals surface area contributed by atoms with Crippen molar-refractivity contribution in [3.05, 3.63) is 39.4 Å². The van der Waals surface area contributed by atoms with E-state index in [1.807, 2.05) is 0 Å². The van der Waals surface area contributed by atoms with Crippen LogP contribution in [0.1, 0.15) is 18.5 Å². The van der Waals surface area contributed by atoms with Crippen molar-refractivity contribution in [2.75, 3.05) is 0 Å². The van der Waals surface area contributed by atoms with Gasteiger partial charge in [-0.3, -0.25) is 10.1 Å². The number of rotatable bonds is 3. The molecule has 1 aromatic rings. The second kappa shape index (κ2) is 4.59. The van der Waals surface area contributed by atoms with Crippen molar-refractivity contribution >= 4 is 11.8 Å². The molecule has 0 bridgehead atoms. The van der Waals surface area contributed by atoms with Gasteiger partial charge in [0.2, 0.25) is 6.08 Å². The molecule has 1 rings (SSSR count). The molecule has 16 heavy (non-hydrogen) atoms. The van der Waals surface area contributed by atoms with Crippen LogP contribution in [-0.2, 0) is 4.79 Å². The second-order valence-corrected chi connectivity index (χ2v) is 2.98. The maximum atomic E-state index is 12.9. The van der Waals surface area contributed by atoms with E-state index < -0.39 is 28.3 Å². The molecule has 0 aliphatic carbocycles. The maximum absolute atomic E-state index is 12.9. The van der Waals surface area contributed by atoms with Crippen molar-refractivity contribution in [3.8, 4) is 0 Å². The Balaban J connectivity index is 3.40. The van der Waals surface area contributed by atoms with Gasteiger partial charge in [-0.1, -0.05) is 0 Å². The fraction of sp³-hybridized carbons (Fsp3) is 0.222. The first kappa shape index (κ1) is 11.9. The molecule has 0 heterocycles. The first-order valence-corrected chi connectivity index (χ1v) is 4.17. The van der Waals surface area contributed by atoms with Crippen molar-refractivity contribution in [2.45, 2.75) is 13.0 Å². The van der Waals surface area contributed by atoms with Crippen LogP contribution in [0.2, 0.25) is 0 Å². The molecule has 0 saturated carbocycles. The number of halogens is 2. The summed E-state index contributed by atoms with van der Waals surface area (Å²) in [6, 6.07) is 0.161. The van der Waals surface area contributed by atoms with E-state index in [0.29, 0.717) is 12.1 Å². The molecule has 1 aromatic carbocycles. The van der Waals surface area contributed by atoms with E-state index in [0.717, 1.165) is 0 Å². The number of benzene rings is 1. The van der Waals surface area contributed by atoms with Crippen LogP contribution < -0.4 is 0 Å². The predicted molar refractivity (Wildman–Crippen MR) is 49.5 cm³/mol. The summed E-state index contributed by atoms with van der Waals surface area (Å²) in [6.07, 6.45) is 1.20. The van der Waals surface area contributed by atoms with Crippen LogP contribution in [0.25, 0.3) is 0 Å². The number of carbonyl (C=O) groups excluding carboxylic acids is 1. The van der Waals surface area contributed by atoms with Gasteiger partial charge in [0.25, 0.3) is 5.69 Å². The zero-order valence-electron chi connectivity index (χ0n) is 8.11. The topological polar surface area (TPSA) is 72.6 Å². The average molecular weight is 228 g/mol. The minimum absolute atomic E-state index is 0.174. The third-order valence-electron chi connectivity index (χ3n) is 1.96. The Labute approximate surface area is 88.6 Å². The first-order valence-electron chi connectivity index (χ1n) is 4.17. The van der Waals surface area contributed by atoms with E-state index in [4.69, 9.17) is 0 Å². The fourth-order valence-electron chi connectivity index (χ4n) is 1.19. The Morgan fingerprint density at radius 1 is 1.44 bits per heavy atom. The lowest BCUT2D eigenvalue weighted by Crippen LogP contribution is -2.01. The lowest BCUT2D eigenvalue weighted by Gasteiger charge is -2.06. The average Bonchev–Trinajstić information content (AvgIpc) is 2.21. The van der Waals surface area contributed by atoms with Gasteiger partial charge in [-0.15, -0.1) is 0 Å². The standard InChI is InChI=1S/C9H6F2N2O3/c1-5(12-4-14)6-2-7(10)8(11)3-9(6)13(15)16/h2-3,5H,1H3. The highest BCUT2D eigenvalue weighted by Gasteiger charge is 2.22. The molecule has 0 spiro atoms. The van der Waals surface area contributed by atoms with Gasteiger partial charge >= 0.3 is 0 Å². The largest absolute Gasteiger partial charge is 0.277 e. The van der Waals surface area contributed by atoms with Crippen LogP contribution in [0, 0.1) is 21.7 Å². The van der Waals surface area contributed by atoms with Crippen LogP contribution in [0.15, 0.2) is 17.1 Å². The molecule has 7 heteroatoms. The molecule has 5 nitrogen and oxygen atoms in total. The zero-order chi connectivity index (χ0) is 12.3. The summed E-state index contributed by atoms with van der Waals surface area (Å²) in [7, 11) is 0. The summed E-state index contributed by atoms with van der Waals surface area (Å²) in [4.78, 5) is 22.9. The number of nitro groups is 1. The normalized spacial score (nSPS) is 11.7. The molecule has 0 fully saturated rings. The van der Waals surface area contributed by atoms with E-state index >= 15 is 0 Å². The zero-order valence-corrected chi connectivity index (χ0v) is 8.11. The summed E-state index contributed by atoms with van der Waals surface area (Å²) in [5.74, 6) is -2.55. The van der Waals surface area contributed by atoms with Gasteiger partial charge in [0.15, 0.2) is 11.6 Å². The monoisotopic (exact) mass is 228 g/mol. The molecule has 0 amide bonds. The molecule has 0 aliphatic rings. The number of hydrogen-bond donors (Lipinski definition) is 0. The molecular formula is C9H6F2N2O3. The quantitative estimate of drug-likeness (QED) is 0.344. The Morgan fingerprint density at radius 3 is 2.50 bits per heavy atom. The summed E-state index contributed by atoms with van der Waals surface area (Å²) < 4.78 is 25.7. The van der Waals surface area contributed by atoms with Crippen molar-refractivity contribution in [1.29, 1.82) is 0 Å². The second-order valence-electron chi connectivity index (χ2n) is 2.98. The van der Waals surface area contributed by atoms with E-state index in [1.165, 1.54) is 13.0 Å². The van der Waals surface area contributed by atoms with Crippen LogP contribution >= 0.6 is 0 Å². The minimum Gasteiger partial charge on any atom is -0.258 e. The van der Waals surface area contributed by atoms with Crippen molar-refractivity contribution in [2.24, 2.45) is 4.99 Å². The molecule has 0 saturated heterocycles. The van der Waals surface area contributed by atoms with Gasteiger partial charge in [0.1, 0.15) is 0 Å². The predicted octanol–water partition coefficient (Wildman–Crippen LogP) is 2.27. The number of isocyanates is 1. The Bertz CT molecular complexity index is 484. The Morgan fingerprint density at radius 2 is 2.00 bits per heavy atom. The molecular weight excluding hydrogens is 222 g/mol. The molecule has 0 radical (unpaired) electrons. The number of nitro benzene ring substituents is 1. The van der Waals surface area contributed by atoms with Gasteiger partial charge < -0.3 is 0 Å². The molecule has 1 atom stereocenters. The highest BCUT2D eigenvalue weighted by Crippen LogP contribution is 2.29. The SMILES string of the molecule is CC(N=C=O)c1cc(F)c(F)cc1[N+](=O)[O-]. The smallest absolute Gasteiger partial charge is 0.258 e. The van der Waals surface area contributed by atoms with Crippen LogP contribution in [0.4, 0.5) is 14.5 Å². The van der Waals surface area contributed by atoms with E-state index in [1.54, 1.807) is 0 Å². The highest BCUT2D eigenvalue weighted by molar-refractivity contribution is 5.45. The van der Waals surface area contributed by atoms with Gasteiger partial charge in [0, 0.05) is 0 Å². The summed E-state index contributed by atoms with van der Waals surface area (Å²) in [5.41, 5.74) is -0.794. The Kier molecular flexibility index (Phi) is 3.42. The maximum Gasteiger partial charge on any atom is 0.277 e. The van der Waals surface area contributed by atoms with Crippen molar-refractivity contribution in [3.63, 3.8) is 0 Å². The molecule has 84 valence electrons. The van der Waals surface area contributed by atoms with Crippen LogP contribution in [0.3, 0.4) is 0 Å². The molecule has 0 aliphatic heterocycles.